The van der Waals surface area contributed by atoms with Crippen LogP contribution in [0.4, 0.5) is 10.1 Å². The molecular weight excluding hydrogens is 287 g/mol. The van der Waals surface area contributed by atoms with Crippen molar-refractivity contribution in [2.24, 2.45) is 0 Å². The Balaban J connectivity index is 2.12. The number of anilines is 1. The summed E-state index contributed by atoms with van der Waals surface area (Å²) in [5.41, 5.74) is 1.06. The van der Waals surface area contributed by atoms with Crippen LogP contribution in [0.1, 0.15) is 29.0 Å². The zero-order chi connectivity index (χ0) is 15.9. The number of aromatic nitrogens is 1. The fourth-order valence-electron chi connectivity index (χ4n) is 2.80. The molecule has 0 saturated carbocycles. The fraction of sp³-hybridized carbons (Fsp3) is 0.250. The molecule has 0 spiro atoms. The lowest BCUT2D eigenvalue weighted by molar-refractivity contribution is -0.119. The molecule has 2 aromatic rings. The summed E-state index contributed by atoms with van der Waals surface area (Å²) in [5.74, 6) is -1.25. The highest BCUT2D eigenvalue weighted by Gasteiger charge is 2.39. The van der Waals surface area contributed by atoms with Crippen molar-refractivity contribution in [3.63, 3.8) is 0 Å². The zero-order valence-electron chi connectivity index (χ0n) is 12.2. The minimum Gasteiger partial charge on any atom is -0.461 e. The number of amides is 1. The van der Waals surface area contributed by atoms with Crippen LogP contribution in [0.5, 0.6) is 0 Å². The second kappa shape index (κ2) is 5.29. The molecule has 5 nitrogen and oxygen atoms in total. The van der Waals surface area contributed by atoms with Crippen LogP contribution in [-0.4, -0.2) is 30.1 Å². The van der Waals surface area contributed by atoms with Crippen molar-refractivity contribution in [3.05, 3.63) is 53.6 Å². The monoisotopic (exact) mass is 302 g/mol. The number of para-hydroxylation sites is 1. The largest absolute Gasteiger partial charge is 0.461 e. The molecule has 0 N–H and O–H groups in total. The fourth-order valence-corrected chi connectivity index (χ4v) is 2.80. The molecule has 22 heavy (non-hydrogen) atoms. The number of rotatable bonds is 3. The number of nitrogens with zero attached hydrogens (tertiary/aromatic N) is 2. The Kier molecular flexibility index (Phi) is 3.44. The van der Waals surface area contributed by atoms with Gasteiger partial charge in [0.2, 0.25) is 0 Å². The quantitative estimate of drug-likeness (QED) is 0.818. The lowest BCUT2D eigenvalue weighted by Gasteiger charge is -2.15. The number of hydrogen-bond donors (Lipinski definition) is 0. The van der Waals surface area contributed by atoms with E-state index in [2.05, 4.69) is 0 Å². The summed E-state index contributed by atoms with van der Waals surface area (Å²) in [7, 11) is 1.53. The molecule has 6 heteroatoms. The van der Waals surface area contributed by atoms with Gasteiger partial charge in [0.05, 0.1) is 12.3 Å². The highest BCUT2D eigenvalue weighted by atomic mass is 19.1. The van der Waals surface area contributed by atoms with Gasteiger partial charge in [-0.25, -0.2) is 9.18 Å². The lowest BCUT2D eigenvalue weighted by atomic mass is 10.1. The van der Waals surface area contributed by atoms with Gasteiger partial charge in [0.15, 0.2) is 0 Å². The first kappa shape index (κ1) is 14.3. The molecule has 0 aliphatic carbocycles. The van der Waals surface area contributed by atoms with Crippen molar-refractivity contribution in [2.45, 2.75) is 13.0 Å². The van der Waals surface area contributed by atoms with E-state index in [-0.39, 0.29) is 23.9 Å². The van der Waals surface area contributed by atoms with Gasteiger partial charge in [0.1, 0.15) is 17.6 Å². The molecule has 1 unspecified atom stereocenters. The van der Waals surface area contributed by atoms with Gasteiger partial charge in [-0.05, 0) is 25.1 Å². The normalized spacial score (nSPS) is 16.8. The van der Waals surface area contributed by atoms with Crippen LogP contribution in [0.15, 0.2) is 36.5 Å². The third-order valence-electron chi connectivity index (χ3n) is 3.75. The molecular formula is C16H15FN2O3. The molecule has 1 aliphatic heterocycles. The van der Waals surface area contributed by atoms with Crippen molar-refractivity contribution < 1.29 is 18.7 Å². The average Bonchev–Trinajstić information content (AvgIpc) is 3.04. The number of carbonyl (C=O) groups is 2. The van der Waals surface area contributed by atoms with E-state index in [4.69, 9.17) is 4.74 Å². The maximum absolute atomic E-state index is 14.0. The van der Waals surface area contributed by atoms with Gasteiger partial charge in [-0.15, -0.1) is 0 Å². The number of esters is 1. The maximum atomic E-state index is 14.0. The average molecular weight is 302 g/mol. The van der Waals surface area contributed by atoms with Crippen LogP contribution < -0.4 is 4.90 Å². The Bertz CT molecular complexity index is 754. The maximum Gasteiger partial charge on any atom is 0.354 e. The number of hydrogen-bond acceptors (Lipinski definition) is 3. The van der Waals surface area contributed by atoms with Crippen molar-refractivity contribution in [1.29, 1.82) is 0 Å². The van der Waals surface area contributed by atoms with E-state index >= 15 is 0 Å². The molecule has 1 aromatic heterocycles. The van der Waals surface area contributed by atoms with Crippen molar-refractivity contribution in [3.8, 4) is 0 Å². The van der Waals surface area contributed by atoms with Crippen molar-refractivity contribution in [1.82, 2.24) is 4.57 Å². The summed E-state index contributed by atoms with van der Waals surface area (Å²) in [6.07, 6.45) is 1.63. The van der Waals surface area contributed by atoms with Crippen LogP contribution in [0, 0.1) is 5.82 Å². The van der Waals surface area contributed by atoms with E-state index in [0.717, 1.165) is 0 Å². The first-order chi connectivity index (χ1) is 10.6. The smallest absolute Gasteiger partial charge is 0.354 e. The van der Waals surface area contributed by atoms with Crippen LogP contribution >= 0.6 is 0 Å². The number of fused-ring (bicyclic) bond motifs is 1. The van der Waals surface area contributed by atoms with Crippen LogP contribution in [0.3, 0.4) is 0 Å². The Hall–Kier alpha value is -2.63. The minimum absolute atomic E-state index is 0.244. The van der Waals surface area contributed by atoms with Crippen LogP contribution in [-0.2, 0) is 9.53 Å². The molecule has 114 valence electrons. The number of ether oxygens (including phenoxy) is 1. The lowest BCUT2D eigenvalue weighted by Crippen LogP contribution is -2.29. The van der Waals surface area contributed by atoms with Gasteiger partial charge in [0, 0.05) is 18.8 Å². The molecule has 0 fully saturated rings. The molecule has 1 amide bonds. The van der Waals surface area contributed by atoms with E-state index in [0.29, 0.717) is 5.56 Å². The Morgan fingerprint density at radius 2 is 2.09 bits per heavy atom. The van der Waals surface area contributed by atoms with Crippen LogP contribution in [0.2, 0.25) is 0 Å². The minimum atomic E-state index is -0.759. The SMILES string of the molecule is CCOC(=O)c1cccn1C1C(=O)N(C)c2c(F)cccc21. The van der Waals surface area contributed by atoms with Gasteiger partial charge in [0.25, 0.3) is 5.91 Å². The first-order valence-corrected chi connectivity index (χ1v) is 6.96. The summed E-state index contributed by atoms with van der Waals surface area (Å²) >= 11 is 0. The summed E-state index contributed by atoms with van der Waals surface area (Å²) in [4.78, 5) is 25.8. The predicted octanol–water partition coefficient (Wildman–Crippen LogP) is 2.37. The highest BCUT2D eigenvalue weighted by molar-refractivity contribution is 6.05. The van der Waals surface area contributed by atoms with Gasteiger partial charge < -0.3 is 14.2 Å². The standard InChI is InChI=1S/C16H15FN2O3/c1-3-22-16(21)12-8-5-9-19(12)14-10-6-4-7-11(17)13(10)18(2)15(14)20/h4-9,14H,3H2,1-2H3. The van der Waals surface area contributed by atoms with E-state index in [1.807, 2.05) is 0 Å². The van der Waals surface area contributed by atoms with E-state index in [1.165, 1.54) is 22.6 Å². The Labute approximate surface area is 126 Å². The molecule has 0 bridgehead atoms. The molecule has 3 rings (SSSR count). The highest BCUT2D eigenvalue weighted by Crippen LogP contribution is 2.39. The van der Waals surface area contributed by atoms with E-state index in [9.17, 15) is 14.0 Å². The molecule has 0 radical (unpaired) electrons. The van der Waals surface area contributed by atoms with Crippen molar-refractivity contribution >= 4 is 17.6 Å². The predicted molar refractivity (Wildman–Crippen MR) is 78.3 cm³/mol. The second-order valence-corrected chi connectivity index (χ2v) is 5.00. The Morgan fingerprint density at radius 3 is 2.82 bits per heavy atom. The van der Waals surface area contributed by atoms with Gasteiger partial charge >= 0.3 is 5.97 Å². The summed E-state index contributed by atoms with van der Waals surface area (Å²) in [6.45, 7) is 1.96. The van der Waals surface area contributed by atoms with Crippen molar-refractivity contribution in [2.75, 3.05) is 18.6 Å². The number of halogens is 1. The summed E-state index contributed by atoms with van der Waals surface area (Å²) in [5, 5.41) is 0. The Morgan fingerprint density at radius 1 is 1.32 bits per heavy atom. The zero-order valence-corrected chi connectivity index (χ0v) is 12.2. The second-order valence-electron chi connectivity index (χ2n) is 5.00. The molecule has 1 atom stereocenters. The topological polar surface area (TPSA) is 51.5 Å². The number of carbonyl (C=O) groups excluding carboxylic acids is 2. The summed E-state index contributed by atoms with van der Waals surface area (Å²) in [6, 6.07) is 7.05. The third-order valence-corrected chi connectivity index (χ3v) is 3.75. The molecule has 2 heterocycles. The van der Waals surface area contributed by atoms with Gasteiger partial charge in [-0.2, -0.15) is 0 Å². The molecule has 1 aliphatic rings. The van der Waals surface area contributed by atoms with Gasteiger partial charge in [-0.3, -0.25) is 4.79 Å². The number of benzene rings is 1. The van der Waals surface area contributed by atoms with Crippen LogP contribution in [0.25, 0.3) is 0 Å². The van der Waals surface area contributed by atoms with Gasteiger partial charge in [-0.1, -0.05) is 12.1 Å². The van der Waals surface area contributed by atoms with E-state index in [1.54, 1.807) is 37.4 Å². The third kappa shape index (κ3) is 1.99. The first-order valence-electron chi connectivity index (χ1n) is 6.96. The molecule has 0 saturated heterocycles. The summed E-state index contributed by atoms with van der Waals surface area (Å²) < 4.78 is 20.5. The molecule has 1 aromatic carbocycles. The number of likely N-dealkylation sites (N-methyl/N-ethyl adjacent to an activating group) is 1. The van der Waals surface area contributed by atoms with E-state index < -0.39 is 17.8 Å².